The molecule has 0 radical (unpaired) electrons. The molecule has 2 aromatic rings. The summed E-state index contributed by atoms with van der Waals surface area (Å²) in [4.78, 5) is 42.4. The molecule has 7 nitrogen and oxygen atoms in total. The first-order valence-corrected chi connectivity index (χ1v) is 12.2. The second-order valence-electron chi connectivity index (χ2n) is 9.61. The SMILES string of the molecule is CC(=O)N1CCN(C(=O)C2(NC(=O)CC3c4ccccc4-c4ccccc43)CCNCC2)CC1. The number of nitrogens with one attached hydrogen (secondary N) is 2. The van der Waals surface area contributed by atoms with E-state index in [-0.39, 0.29) is 23.6 Å². The first-order valence-electron chi connectivity index (χ1n) is 12.2. The van der Waals surface area contributed by atoms with Gasteiger partial charge in [-0.2, -0.15) is 0 Å². The Morgan fingerprint density at radius 2 is 1.41 bits per heavy atom. The van der Waals surface area contributed by atoms with Gasteiger partial charge in [0.05, 0.1) is 0 Å². The fourth-order valence-corrected chi connectivity index (χ4v) is 5.76. The third-order valence-electron chi connectivity index (χ3n) is 7.61. The smallest absolute Gasteiger partial charge is 0.248 e. The van der Waals surface area contributed by atoms with E-state index < -0.39 is 5.54 Å². The van der Waals surface area contributed by atoms with E-state index in [1.807, 2.05) is 29.2 Å². The van der Waals surface area contributed by atoms with Crippen molar-refractivity contribution in [2.45, 2.75) is 37.6 Å². The second kappa shape index (κ2) is 9.22. The maximum Gasteiger partial charge on any atom is 0.248 e. The van der Waals surface area contributed by atoms with E-state index in [4.69, 9.17) is 0 Å². The fourth-order valence-electron chi connectivity index (χ4n) is 5.76. The summed E-state index contributed by atoms with van der Waals surface area (Å²) in [7, 11) is 0. The van der Waals surface area contributed by atoms with Crippen LogP contribution in [0.1, 0.15) is 43.2 Å². The first kappa shape index (κ1) is 22.6. The minimum atomic E-state index is -0.891. The Labute approximate surface area is 200 Å². The average Bonchev–Trinajstić information content (AvgIpc) is 3.18. The van der Waals surface area contributed by atoms with Crippen molar-refractivity contribution in [3.05, 3.63) is 59.7 Å². The van der Waals surface area contributed by atoms with Gasteiger partial charge in [0.1, 0.15) is 5.54 Å². The van der Waals surface area contributed by atoms with Gasteiger partial charge in [-0.3, -0.25) is 14.4 Å². The minimum Gasteiger partial charge on any atom is -0.342 e. The van der Waals surface area contributed by atoms with Crippen LogP contribution in [0.3, 0.4) is 0 Å². The average molecular weight is 461 g/mol. The summed E-state index contributed by atoms with van der Waals surface area (Å²) >= 11 is 0. The lowest BCUT2D eigenvalue weighted by Gasteiger charge is -2.43. The molecule has 7 heteroatoms. The van der Waals surface area contributed by atoms with Gasteiger partial charge < -0.3 is 20.4 Å². The van der Waals surface area contributed by atoms with Crippen LogP contribution in [0.4, 0.5) is 0 Å². The van der Waals surface area contributed by atoms with Gasteiger partial charge in [-0.25, -0.2) is 0 Å². The normalized spacial score (nSPS) is 19.3. The molecule has 2 heterocycles. The van der Waals surface area contributed by atoms with Crippen LogP contribution in [0.15, 0.2) is 48.5 Å². The van der Waals surface area contributed by atoms with Crippen molar-refractivity contribution in [1.82, 2.24) is 20.4 Å². The molecule has 3 amide bonds. The molecule has 0 atom stereocenters. The number of nitrogens with zero attached hydrogens (tertiary/aromatic N) is 2. The third kappa shape index (κ3) is 4.09. The quantitative estimate of drug-likeness (QED) is 0.732. The van der Waals surface area contributed by atoms with E-state index in [2.05, 4.69) is 34.9 Å². The molecular weight excluding hydrogens is 428 g/mol. The molecule has 2 N–H and O–H groups in total. The van der Waals surface area contributed by atoms with Crippen LogP contribution in [0.5, 0.6) is 0 Å². The van der Waals surface area contributed by atoms with Crippen LogP contribution in [0.2, 0.25) is 0 Å². The number of fused-ring (bicyclic) bond motifs is 3. The summed E-state index contributed by atoms with van der Waals surface area (Å²) in [6, 6.07) is 16.6. The first-order chi connectivity index (χ1) is 16.5. The molecule has 178 valence electrons. The largest absolute Gasteiger partial charge is 0.342 e. The van der Waals surface area contributed by atoms with Gasteiger partial charge in [-0.05, 0) is 48.2 Å². The molecule has 1 aliphatic carbocycles. The molecule has 0 unspecified atom stereocenters. The lowest BCUT2D eigenvalue weighted by Crippen LogP contribution is -2.65. The fraction of sp³-hybridized carbons (Fsp3) is 0.444. The molecule has 2 fully saturated rings. The topological polar surface area (TPSA) is 81.8 Å². The van der Waals surface area contributed by atoms with Crippen molar-refractivity contribution in [1.29, 1.82) is 0 Å². The van der Waals surface area contributed by atoms with Crippen molar-refractivity contribution in [3.63, 3.8) is 0 Å². The summed E-state index contributed by atoms with van der Waals surface area (Å²) < 4.78 is 0. The lowest BCUT2D eigenvalue weighted by molar-refractivity contribution is -0.146. The molecule has 2 aliphatic heterocycles. The Morgan fingerprint density at radius 3 is 1.97 bits per heavy atom. The Hall–Kier alpha value is -3.19. The maximum atomic E-state index is 13.7. The Balaban J connectivity index is 1.34. The van der Waals surface area contributed by atoms with Crippen molar-refractivity contribution >= 4 is 17.7 Å². The van der Waals surface area contributed by atoms with Crippen LogP contribution in [0.25, 0.3) is 11.1 Å². The van der Waals surface area contributed by atoms with Gasteiger partial charge in [-0.15, -0.1) is 0 Å². The monoisotopic (exact) mass is 460 g/mol. The number of rotatable bonds is 4. The third-order valence-corrected chi connectivity index (χ3v) is 7.61. The number of piperidine rings is 1. The van der Waals surface area contributed by atoms with Gasteiger partial charge in [0.25, 0.3) is 0 Å². The van der Waals surface area contributed by atoms with Crippen LogP contribution in [-0.2, 0) is 14.4 Å². The molecule has 0 saturated carbocycles. The van der Waals surface area contributed by atoms with Crippen molar-refractivity contribution in [3.8, 4) is 11.1 Å². The Kier molecular flexibility index (Phi) is 6.13. The van der Waals surface area contributed by atoms with Gasteiger partial charge in [0.2, 0.25) is 17.7 Å². The van der Waals surface area contributed by atoms with Gasteiger partial charge in [0.15, 0.2) is 0 Å². The summed E-state index contributed by atoms with van der Waals surface area (Å²) in [5.74, 6) is -0.0820. The molecule has 2 saturated heterocycles. The summed E-state index contributed by atoms with van der Waals surface area (Å²) in [6.07, 6.45) is 1.46. The van der Waals surface area contributed by atoms with Crippen LogP contribution in [-0.4, -0.2) is 72.3 Å². The van der Waals surface area contributed by atoms with Crippen LogP contribution in [0, 0.1) is 0 Å². The molecule has 5 rings (SSSR count). The number of carbonyl (C=O) groups excluding carboxylic acids is 3. The number of piperazine rings is 1. The second-order valence-corrected chi connectivity index (χ2v) is 9.61. The number of hydrogen-bond donors (Lipinski definition) is 2. The Morgan fingerprint density at radius 1 is 0.882 bits per heavy atom. The molecule has 2 aromatic carbocycles. The molecule has 0 bridgehead atoms. The van der Waals surface area contributed by atoms with Gasteiger partial charge in [0, 0.05) is 45.4 Å². The molecule has 0 aromatic heterocycles. The minimum absolute atomic E-state index is 0.0135. The summed E-state index contributed by atoms with van der Waals surface area (Å²) in [6.45, 7) is 5.03. The van der Waals surface area contributed by atoms with E-state index in [1.54, 1.807) is 11.8 Å². The van der Waals surface area contributed by atoms with Gasteiger partial charge >= 0.3 is 0 Å². The molecule has 34 heavy (non-hydrogen) atoms. The standard InChI is InChI=1S/C27H32N4O3/c1-19(32)30-14-16-31(17-15-30)26(34)27(10-12-28-13-11-27)29-25(33)18-24-22-8-4-2-6-20(22)21-7-3-5-9-23(21)24/h2-9,24,28H,10-18H2,1H3,(H,29,33). The molecule has 0 spiro atoms. The van der Waals surface area contributed by atoms with Gasteiger partial charge in [-0.1, -0.05) is 48.5 Å². The molecule has 3 aliphatic rings. The van der Waals surface area contributed by atoms with Crippen LogP contribution >= 0.6 is 0 Å². The summed E-state index contributed by atoms with van der Waals surface area (Å²) in [5.41, 5.74) is 3.83. The maximum absolute atomic E-state index is 13.7. The zero-order chi connectivity index (χ0) is 23.7. The van der Waals surface area contributed by atoms with Crippen molar-refractivity contribution < 1.29 is 14.4 Å². The number of carbonyl (C=O) groups is 3. The number of benzene rings is 2. The van der Waals surface area contributed by atoms with Crippen LogP contribution < -0.4 is 10.6 Å². The predicted molar refractivity (Wildman–Crippen MR) is 130 cm³/mol. The highest BCUT2D eigenvalue weighted by molar-refractivity contribution is 5.93. The van der Waals surface area contributed by atoms with E-state index >= 15 is 0 Å². The van der Waals surface area contributed by atoms with E-state index in [0.29, 0.717) is 58.5 Å². The van der Waals surface area contributed by atoms with E-state index in [9.17, 15) is 14.4 Å². The van der Waals surface area contributed by atoms with Crippen molar-refractivity contribution in [2.75, 3.05) is 39.3 Å². The number of hydrogen-bond acceptors (Lipinski definition) is 4. The zero-order valence-electron chi connectivity index (χ0n) is 19.7. The highest BCUT2D eigenvalue weighted by atomic mass is 16.2. The number of amides is 3. The highest BCUT2D eigenvalue weighted by Crippen LogP contribution is 2.46. The van der Waals surface area contributed by atoms with E-state index in [1.165, 1.54) is 22.3 Å². The zero-order valence-corrected chi connectivity index (χ0v) is 19.7. The van der Waals surface area contributed by atoms with E-state index in [0.717, 1.165) is 0 Å². The summed E-state index contributed by atoms with van der Waals surface area (Å²) in [5, 5.41) is 6.52. The Bertz CT molecular complexity index is 1060. The predicted octanol–water partition coefficient (Wildman–Crippen LogP) is 2.12. The lowest BCUT2D eigenvalue weighted by atomic mass is 9.85. The highest BCUT2D eigenvalue weighted by Gasteiger charge is 2.44. The van der Waals surface area contributed by atoms with Crippen molar-refractivity contribution in [2.24, 2.45) is 0 Å². The molecular formula is C27H32N4O3.